The predicted octanol–water partition coefficient (Wildman–Crippen LogP) is 1.99. The van der Waals surface area contributed by atoms with Crippen molar-refractivity contribution in [2.45, 2.75) is 18.9 Å². The number of likely N-dealkylation sites (N-methyl/N-ethyl adjacent to an activating group) is 1. The summed E-state index contributed by atoms with van der Waals surface area (Å²) >= 11 is 0. The number of fused-ring (bicyclic) bond motifs is 2. The summed E-state index contributed by atoms with van der Waals surface area (Å²) in [5.74, 6) is 0.947. The highest BCUT2D eigenvalue weighted by Crippen LogP contribution is 2.25. The molecule has 5 heterocycles. The van der Waals surface area contributed by atoms with E-state index in [4.69, 9.17) is 14.9 Å². The van der Waals surface area contributed by atoms with Crippen LogP contribution in [0.25, 0.3) is 11.1 Å². The van der Waals surface area contributed by atoms with Gasteiger partial charge in [0.1, 0.15) is 17.0 Å². The van der Waals surface area contributed by atoms with E-state index in [1.165, 1.54) is 0 Å². The Morgan fingerprint density at radius 2 is 1.92 bits per heavy atom. The second-order valence-corrected chi connectivity index (χ2v) is 8.86. The molecule has 12 heteroatoms. The van der Waals surface area contributed by atoms with Crippen molar-refractivity contribution in [1.29, 1.82) is 0 Å². The fraction of sp³-hybridized carbons (Fsp3) is 0.231. The number of ether oxygens (including phenoxy) is 1. The van der Waals surface area contributed by atoms with Crippen LogP contribution in [0.2, 0.25) is 0 Å². The van der Waals surface area contributed by atoms with Gasteiger partial charge in [-0.15, -0.1) is 0 Å². The summed E-state index contributed by atoms with van der Waals surface area (Å²) in [4.78, 5) is 48.8. The number of rotatable bonds is 4. The third-order valence-corrected chi connectivity index (χ3v) is 6.23. The Balaban J connectivity index is 0.000000179. The Kier molecular flexibility index (Phi) is 6.60. The Hall–Kier alpha value is -5.00. The maximum Gasteiger partial charge on any atom is 0.322 e. The topological polar surface area (TPSA) is 166 Å². The second-order valence-electron chi connectivity index (χ2n) is 8.86. The lowest BCUT2D eigenvalue weighted by atomic mass is 9.99. The van der Waals surface area contributed by atoms with Crippen molar-refractivity contribution in [1.82, 2.24) is 30.5 Å². The standard InChI is InChI=1S/C15H12N6O3.C11H13NO2/c16-14-17-5-7(6-18-14)3-8-1-2-10-9(19-8)4-11(24-10)12-13(22)21-15(23)20-12;1-12-6-5-8-3-4-9(14-2)7-10(8)11(12)13/h1-2,4-6,12H,3H2,(H2,16,17,18)(H2,20,21,22,23);3-4,7H,5-6H2,1-2H3. The number of amides is 4. The summed E-state index contributed by atoms with van der Waals surface area (Å²) in [6.07, 6.45) is 4.76. The van der Waals surface area contributed by atoms with Crippen molar-refractivity contribution in [3.63, 3.8) is 0 Å². The first-order valence-corrected chi connectivity index (χ1v) is 11.8. The number of nitrogen functional groups attached to an aromatic ring is 1. The molecule has 194 valence electrons. The van der Waals surface area contributed by atoms with Crippen LogP contribution in [0, 0.1) is 0 Å². The molecule has 1 aromatic carbocycles. The number of carbonyl (C=O) groups excluding carboxylic acids is 3. The summed E-state index contributed by atoms with van der Waals surface area (Å²) in [5.41, 5.74) is 10.2. The molecule has 0 radical (unpaired) electrons. The number of furan rings is 1. The number of anilines is 1. The van der Waals surface area contributed by atoms with E-state index in [1.807, 2.05) is 31.3 Å². The van der Waals surface area contributed by atoms with Gasteiger partial charge in [-0.05, 0) is 41.8 Å². The number of methoxy groups -OCH3 is 1. The van der Waals surface area contributed by atoms with Gasteiger partial charge >= 0.3 is 6.03 Å². The molecule has 6 rings (SSSR count). The zero-order chi connectivity index (χ0) is 26.8. The highest BCUT2D eigenvalue weighted by Gasteiger charge is 2.33. The third-order valence-electron chi connectivity index (χ3n) is 6.23. The summed E-state index contributed by atoms with van der Waals surface area (Å²) in [6, 6.07) is 9.55. The van der Waals surface area contributed by atoms with Crippen molar-refractivity contribution in [2.24, 2.45) is 0 Å². The first kappa shape index (κ1) is 24.7. The number of carbonyl (C=O) groups is 3. The van der Waals surface area contributed by atoms with Crippen molar-refractivity contribution in [2.75, 3.05) is 26.4 Å². The number of hydrogen-bond acceptors (Lipinski definition) is 9. The van der Waals surface area contributed by atoms with E-state index < -0.39 is 18.0 Å². The minimum Gasteiger partial charge on any atom is -0.497 e. The van der Waals surface area contributed by atoms with Gasteiger partial charge in [0.15, 0.2) is 11.6 Å². The molecule has 1 fully saturated rings. The van der Waals surface area contributed by atoms with Gasteiger partial charge < -0.3 is 25.1 Å². The van der Waals surface area contributed by atoms with E-state index in [9.17, 15) is 14.4 Å². The van der Waals surface area contributed by atoms with Gasteiger partial charge in [-0.3, -0.25) is 14.9 Å². The van der Waals surface area contributed by atoms with Crippen molar-refractivity contribution in [3.8, 4) is 5.75 Å². The number of nitrogens with one attached hydrogen (secondary N) is 2. The van der Waals surface area contributed by atoms with Crippen LogP contribution in [0.15, 0.2) is 53.2 Å². The van der Waals surface area contributed by atoms with Crippen molar-refractivity contribution in [3.05, 3.63) is 76.9 Å². The van der Waals surface area contributed by atoms with Crippen LogP contribution < -0.4 is 21.1 Å². The molecule has 38 heavy (non-hydrogen) atoms. The Labute approximate surface area is 217 Å². The maximum absolute atomic E-state index is 11.8. The van der Waals surface area contributed by atoms with E-state index in [-0.39, 0.29) is 11.9 Å². The summed E-state index contributed by atoms with van der Waals surface area (Å²) in [7, 11) is 3.43. The van der Waals surface area contributed by atoms with E-state index in [1.54, 1.807) is 36.5 Å². The molecule has 2 aliphatic rings. The van der Waals surface area contributed by atoms with E-state index in [0.29, 0.717) is 23.3 Å². The van der Waals surface area contributed by atoms with Crippen LogP contribution >= 0.6 is 0 Å². The van der Waals surface area contributed by atoms with Gasteiger partial charge in [-0.1, -0.05) is 6.07 Å². The molecule has 4 aromatic rings. The van der Waals surface area contributed by atoms with Crippen LogP contribution in [0.1, 0.15) is 39.0 Å². The molecular formula is C26H25N7O5. The van der Waals surface area contributed by atoms with Crippen molar-refractivity contribution >= 4 is 34.9 Å². The van der Waals surface area contributed by atoms with Crippen LogP contribution in [0.3, 0.4) is 0 Å². The zero-order valence-corrected chi connectivity index (χ0v) is 20.7. The smallest absolute Gasteiger partial charge is 0.322 e. The SMILES string of the molecule is COc1ccc2c(c1)C(=O)N(C)CC2.Nc1ncc(Cc2ccc3oc(C4NC(=O)NC4=O)cc3n2)cn1. The molecule has 2 aliphatic heterocycles. The van der Waals surface area contributed by atoms with E-state index in [0.717, 1.165) is 41.1 Å². The maximum atomic E-state index is 11.8. The number of hydrogen-bond donors (Lipinski definition) is 3. The molecule has 0 bridgehead atoms. The predicted molar refractivity (Wildman–Crippen MR) is 136 cm³/mol. The number of aromatic nitrogens is 3. The molecule has 0 aliphatic carbocycles. The zero-order valence-electron chi connectivity index (χ0n) is 20.7. The fourth-order valence-electron chi connectivity index (χ4n) is 4.20. The Morgan fingerprint density at radius 1 is 1.13 bits per heavy atom. The van der Waals surface area contributed by atoms with Gasteiger partial charge in [0.25, 0.3) is 11.8 Å². The largest absolute Gasteiger partial charge is 0.497 e. The Morgan fingerprint density at radius 3 is 2.63 bits per heavy atom. The average Bonchev–Trinajstić information content (AvgIpc) is 3.49. The summed E-state index contributed by atoms with van der Waals surface area (Å²) in [6.45, 7) is 0.804. The van der Waals surface area contributed by atoms with Gasteiger partial charge in [0.05, 0.1) is 7.11 Å². The van der Waals surface area contributed by atoms with Crippen molar-refractivity contribution < 1.29 is 23.5 Å². The molecule has 12 nitrogen and oxygen atoms in total. The Bertz CT molecular complexity index is 1530. The number of imide groups is 1. The summed E-state index contributed by atoms with van der Waals surface area (Å²) < 4.78 is 10.7. The van der Waals surface area contributed by atoms with Gasteiger partial charge in [-0.25, -0.2) is 19.7 Å². The lowest BCUT2D eigenvalue weighted by Gasteiger charge is -2.24. The lowest BCUT2D eigenvalue weighted by molar-refractivity contribution is -0.120. The minimum atomic E-state index is -0.833. The fourth-order valence-corrected chi connectivity index (χ4v) is 4.20. The van der Waals surface area contributed by atoms with Gasteiger partial charge in [-0.2, -0.15) is 0 Å². The monoisotopic (exact) mass is 515 g/mol. The number of nitrogens with zero attached hydrogens (tertiary/aromatic N) is 4. The van der Waals surface area contributed by atoms with E-state index >= 15 is 0 Å². The molecule has 4 N–H and O–H groups in total. The number of nitrogens with two attached hydrogens (primary N) is 1. The first-order chi connectivity index (χ1) is 18.3. The van der Waals surface area contributed by atoms with E-state index in [2.05, 4.69) is 25.6 Å². The lowest BCUT2D eigenvalue weighted by Crippen LogP contribution is -2.34. The number of benzene rings is 1. The third kappa shape index (κ3) is 5.09. The highest BCUT2D eigenvalue weighted by atomic mass is 16.5. The number of pyridine rings is 1. The average molecular weight is 516 g/mol. The second kappa shape index (κ2) is 10.2. The van der Waals surface area contributed by atoms with Crippen LogP contribution in [0.5, 0.6) is 5.75 Å². The van der Waals surface area contributed by atoms with Gasteiger partial charge in [0.2, 0.25) is 5.95 Å². The molecular weight excluding hydrogens is 490 g/mol. The van der Waals surface area contributed by atoms with Crippen LogP contribution in [-0.2, 0) is 17.6 Å². The molecule has 3 aromatic heterocycles. The first-order valence-electron chi connectivity index (χ1n) is 11.8. The van der Waals surface area contributed by atoms with Crippen LogP contribution in [-0.4, -0.2) is 58.4 Å². The number of urea groups is 1. The molecule has 0 spiro atoms. The molecule has 1 saturated heterocycles. The summed E-state index contributed by atoms with van der Waals surface area (Å²) in [5, 5.41) is 4.66. The quantitative estimate of drug-likeness (QED) is 0.345. The van der Waals surface area contributed by atoms with Crippen LogP contribution in [0.4, 0.5) is 10.7 Å². The minimum absolute atomic E-state index is 0.0881. The van der Waals surface area contributed by atoms with Gasteiger partial charge in [0, 0.05) is 49.7 Å². The normalized spacial score (nSPS) is 16.4. The molecule has 1 atom stereocenters. The molecule has 1 unspecified atom stereocenters. The molecule has 4 amide bonds. The molecule has 0 saturated carbocycles. The highest BCUT2D eigenvalue weighted by molar-refractivity contribution is 6.04.